The molecule has 1 aliphatic heterocycles. The van der Waals surface area contributed by atoms with Gasteiger partial charge in [-0.25, -0.2) is 4.39 Å². The van der Waals surface area contributed by atoms with Crippen molar-refractivity contribution in [2.75, 3.05) is 27.2 Å². The maximum Gasteiger partial charge on any atom is 0.165 e. The largest absolute Gasteiger partial charge is 0.494 e. The first kappa shape index (κ1) is 16.2. The van der Waals surface area contributed by atoms with Gasteiger partial charge in [-0.2, -0.15) is 0 Å². The van der Waals surface area contributed by atoms with Crippen molar-refractivity contribution < 1.29 is 9.13 Å². The summed E-state index contributed by atoms with van der Waals surface area (Å²) in [7, 11) is 3.67. The Morgan fingerprint density at radius 3 is 2.52 bits per heavy atom. The van der Waals surface area contributed by atoms with E-state index in [0.717, 1.165) is 5.56 Å². The lowest BCUT2D eigenvalue weighted by molar-refractivity contribution is 0.185. The minimum Gasteiger partial charge on any atom is -0.494 e. The monoisotopic (exact) mass is 294 g/mol. The van der Waals surface area contributed by atoms with E-state index in [1.807, 2.05) is 6.07 Å². The standard InChI is InChI=1S/C17H27FN2O/c1-12(14-7-9-20(3)10-8-14)19-13(2)15-5-6-17(21-4)16(18)11-15/h5-6,11-14,19H,7-10H2,1-4H3. The highest BCUT2D eigenvalue weighted by molar-refractivity contribution is 5.30. The van der Waals surface area contributed by atoms with Gasteiger partial charge in [0.25, 0.3) is 0 Å². The Hall–Kier alpha value is -1.13. The molecule has 1 aromatic rings. The topological polar surface area (TPSA) is 24.5 Å². The third-order valence-electron chi connectivity index (χ3n) is 4.66. The second kappa shape index (κ2) is 7.23. The van der Waals surface area contributed by atoms with Crippen LogP contribution in [-0.4, -0.2) is 38.2 Å². The average molecular weight is 294 g/mol. The van der Waals surface area contributed by atoms with Crippen molar-refractivity contribution >= 4 is 0 Å². The fourth-order valence-corrected chi connectivity index (χ4v) is 3.11. The average Bonchev–Trinajstić information content (AvgIpc) is 2.47. The molecule has 0 aliphatic carbocycles. The van der Waals surface area contributed by atoms with Crippen molar-refractivity contribution in [3.63, 3.8) is 0 Å². The van der Waals surface area contributed by atoms with Gasteiger partial charge in [0, 0.05) is 12.1 Å². The molecule has 2 rings (SSSR count). The van der Waals surface area contributed by atoms with Crippen LogP contribution in [0.2, 0.25) is 0 Å². The van der Waals surface area contributed by atoms with Gasteiger partial charge >= 0.3 is 0 Å². The van der Waals surface area contributed by atoms with Gasteiger partial charge in [0.05, 0.1) is 7.11 Å². The molecule has 0 aromatic heterocycles. The van der Waals surface area contributed by atoms with Crippen LogP contribution in [0.1, 0.15) is 38.3 Å². The van der Waals surface area contributed by atoms with Crippen molar-refractivity contribution in [2.45, 2.75) is 38.8 Å². The van der Waals surface area contributed by atoms with Crippen LogP contribution in [0, 0.1) is 11.7 Å². The lowest BCUT2D eigenvalue weighted by Crippen LogP contribution is -2.41. The van der Waals surface area contributed by atoms with Crippen molar-refractivity contribution in [1.82, 2.24) is 10.2 Å². The molecule has 21 heavy (non-hydrogen) atoms. The number of methoxy groups -OCH3 is 1. The molecule has 0 spiro atoms. The molecule has 2 atom stereocenters. The zero-order valence-corrected chi connectivity index (χ0v) is 13.5. The van der Waals surface area contributed by atoms with E-state index in [-0.39, 0.29) is 11.9 Å². The van der Waals surface area contributed by atoms with Crippen molar-refractivity contribution in [3.8, 4) is 5.75 Å². The molecular formula is C17H27FN2O. The Balaban J connectivity index is 1.94. The van der Waals surface area contributed by atoms with Crippen LogP contribution < -0.4 is 10.1 Å². The summed E-state index contributed by atoms with van der Waals surface area (Å²) >= 11 is 0. The van der Waals surface area contributed by atoms with Gasteiger partial charge < -0.3 is 15.0 Å². The number of nitrogens with one attached hydrogen (secondary N) is 1. The highest BCUT2D eigenvalue weighted by Crippen LogP contribution is 2.25. The zero-order valence-electron chi connectivity index (χ0n) is 13.5. The van der Waals surface area contributed by atoms with Gasteiger partial charge in [-0.3, -0.25) is 0 Å². The lowest BCUT2D eigenvalue weighted by Gasteiger charge is -2.34. The molecule has 118 valence electrons. The van der Waals surface area contributed by atoms with Crippen LogP contribution in [0.25, 0.3) is 0 Å². The first-order valence-electron chi connectivity index (χ1n) is 7.79. The highest BCUT2D eigenvalue weighted by Gasteiger charge is 2.23. The zero-order chi connectivity index (χ0) is 15.4. The maximum absolute atomic E-state index is 13.8. The van der Waals surface area contributed by atoms with Crippen molar-refractivity contribution in [1.29, 1.82) is 0 Å². The summed E-state index contributed by atoms with van der Waals surface area (Å²) in [6, 6.07) is 5.78. The maximum atomic E-state index is 13.8. The number of benzene rings is 1. The summed E-state index contributed by atoms with van der Waals surface area (Å²) in [5.41, 5.74) is 0.966. The normalized spacial score (nSPS) is 20.2. The molecule has 0 amide bonds. The fourth-order valence-electron chi connectivity index (χ4n) is 3.11. The number of piperidine rings is 1. The quantitative estimate of drug-likeness (QED) is 0.902. The lowest BCUT2D eigenvalue weighted by atomic mass is 9.90. The van der Waals surface area contributed by atoms with Gasteiger partial charge in [0.2, 0.25) is 0 Å². The minimum absolute atomic E-state index is 0.139. The van der Waals surface area contributed by atoms with Crippen LogP contribution in [0.5, 0.6) is 5.75 Å². The van der Waals surface area contributed by atoms with E-state index < -0.39 is 0 Å². The van der Waals surface area contributed by atoms with Gasteiger partial charge in [-0.1, -0.05) is 6.07 Å². The number of ether oxygens (including phenoxy) is 1. The van der Waals surface area contributed by atoms with Gasteiger partial charge in [0.1, 0.15) is 0 Å². The number of rotatable bonds is 5. The molecule has 0 saturated carbocycles. The number of nitrogens with zero attached hydrogens (tertiary/aromatic N) is 1. The molecule has 0 radical (unpaired) electrons. The minimum atomic E-state index is -0.296. The summed E-state index contributed by atoms with van der Waals surface area (Å²) in [6.45, 7) is 6.67. The number of hydrogen-bond acceptors (Lipinski definition) is 3. The van der Waals surface area contributed by atoms with Crippen LogP contribution in [-0.2, 0) is 0 Å². The van der Waals surface area contributed by atoms with Crippen LogP contribution in [0.4, 0.5) is 4.39 Å². The Labute approximate surface area is 127 Å². The van der Waals surface area contributed by atoms with E-state index in [0.29, 0.717) is 17.7 Å². The third kappa shape index (κ3) is 4.17. The molecule has 1 saturated heterocycles. The molecule has 1 fully saturated rings. The van der Waals surface area contributed by atoms with Crippen molar-refractivity contribution in [2.24, 2.45) is 5.92 Å². The predicted molar refractivity (Wildman–Crippen MR) is 84.2 cm³/mol. The summed E-state index contributed by atoms with van der Waals surface area (Å²) in [6.07, 6.45) is 2.46. The third-order valence-corrected chi connectivity index (χ3v) is 4.66. The first-order chi connectivity index (χ1) is 10.0. The Morgan fingerprint density at radius 2 is 1.95 bits per heavy atom. The SMILES string of the molecule is COc1ccc(C(C)NC(C)C2CCN(C)CC2)cc1F. The summed E-state index contributed by atoms with van der Waals surface area (Å²) in [5.74, 6) is 0.705. The first-order valence-corrected chi connectivity index (χ1v) is 7.79. The second-order valence-electron chi connectivity index (χ2n) is 6.21. The predicted octanol–water partition coefficient (Wildman–Crippen LogP) is 3.22. The molecule has 1 aromatic carbocycles. The summed E-state index contributed by atoms with van der Waals surface area (Å²) in [4.78, 5) is 2.38. The van der Waals surface area contributed by atoms with E-state index >= 15 is 0 Å². The second-order valence-corrected chi connectivity index (χ2v) is 6.21. The molecular weight excluding hydrogens is 267 g/mol. The fraction of sp³-hybridized carbons (Fsp3) is 0.647. The Kier molecular flexibility index (Phi) is 5.59. The van der Waals surface area contributed by atoms with Gasteiger partial charge in [-0.15, -0.1) is 0 Å². The van der Waals surface area contributed by atoms with Crippen LogP contribution in [0.3, 0.4) is 0 Å². The van der Waals surface area contributed by atoms with Gasteiger partial charge in [-0.05, 0) is 70.4 Å². The molecule has 0 bridgehead atoms. The molecule has 1 aliphatic rings. The van der Waals surface area contributed by atoms with E-state index in [1.54, 1.807) is 12.1 Å². The van der Waals surface area contributed by atoms with Crippen molar-refractivity contribution in [3.05, 3.63) is 29.6 Å². The van der Waals surface area contributed by atoms with E-state index in [2.05, 4.69) is 31.1 Å². The smallest absolute Gasteiger partial charge is 0.165 e. The summed E-state index contributed by atoms with van der Waals surface area (Å²) < 4.78 is 18.8. The Bertz CT molecular complexity index is 458. The summed E-state index contributed by atoms with van der Waals surface area (Å²) in [5, 5.41) is 3.62. The molecule has 1 heterocycles. The highest BCUT2D eigenvalue weighted by atomic mass is 19.1. The number of hydrogen-bond donors (Lipinski definition) is 1. The molecule has 2 unspecified atom stereocenters. The number of halogens is 1. The Morgan fingerprint density at radius 1 is 1.29 bits per heavy atom. The molecule has 4 heteroatoms. The van der Waals surface area contributed by atoms with E-state index in [4.69, 9.17) is 4.74 Å². The van der Waals surface area contributed by atoms with Crippen LogP contribution in [0.15, 0.2) is 18.2 Å². The molecule has 3 nitrogen and oxygen atoms in total. The van der Waals surface area contributed by atoms with E-state index in [1.165, 1.54) is 33.0 Å². The van der Waals surface area contributed by atoms with Gasteiger partial charge in [0.15, 0.2) is 11.6 Å². The van der Waals surface area contributed by atoms with Crippen LogP contribution >= 0.6 is 0 Å². The molecule has 1 N–H and O–H groups in total. The van der Waals surface area contributed by atoms with E-state index in [9.17, 15) is 4.39 Å². The number of likely N-dealkylation sites (tertiary alicyclic amines) is 1.